The van der Waals surface area contributed by atoms with Crippen molar-refractivity contribution in [2.24, 2.45) is 0 Å². The Morgan fingerprint density at radius 2 is 2.00 bits per heavy atom. The fraction of sp³-hybridized carbons (Fsp3) is 0.0714. The van der Waals surface area contributed by atoms with Crippen molar-refractivity contribution in [3.63, 3.8) is 0 Å². The minimum absolute atomic E-state index is 0.0768. The first kappa shape index (κ1) is 13.5. The number of carbonyl (C=O) groups excluding carboxylic acids is 1. The molecule has 2 N–H and O–H groups in total. The van der Waals surface area contributed by atoms with Gasteiger partial charge in [-0.05, 0) is 29.8 Å². The van der Waals surface area contributed by atoms with Gasteiger partial charge in [0.25, 0.3) is 5.91 Å². The van der Waals surface area contributed by atoms with E-state index < -0.39 is 11.7 Å². The number of phenolic OH excluding ortho intramolecular Hbond substituents is 1. The summed E-state index contributed by atoms with van der Waals surface area (Å²) in [5.74, 6) is -1.33. The largest absolute Gasteiger partial charge is 0.507 e. The Kier molecular flexibility index (Phi) is 4.16. The summed E-state index contributed by atoms with van der Waals surface area (Å²) in [4.78, 5) is 11.8. The second kappa shape index (κ2) is 5.84. The summed E-state index contributed by atoms with van der Waals surface area (Å²) in [5.41, 5.74) is 0.818. The lowest BCUT2D eigenvalue weighted by atomic mass is 10.1. The molecular formula is C14H11BrFNO2. The highest BCUT2D eigenvalue weighted by atomic mass is 79.9. The average molecular weight is 324 g/mol. The Labute approximate surface area is 118 Å². The van der Waals surface area contributed by atoms with Crippen LogP contribution in [0.4, 0.5) is 4.39 Å². The fourth-order valence-electron chi connectivity index (χ4n) is 1.60. The molecule has 0 fully saturated rings. The summed E-state index contributed by atoms with van der Waals surface area (Å²) >= 11 is 3.37. The zero-order valence-corrected chi connectivity index (χ0v) is 11.4. The SMILES string of the molecule is O=C(NCc1ccccc1Br)c1cc(F)ccc1O. The summed E-state index contributed by atoms with van der Waals surface area (Å²) in [6, 6.07) is 10.7. The quantitative estimate of drug-likeness (QED) is 0.911. The lowest BCUT2D eigenvalue weighted by Gasteiger charge is -2.08. The van der Waals surface area contributed by atoms with Crippen molar-refractivity contribution in [2.75, 3.05) is 0 Å². The van der Waals surface area contributed by atoms with Crippen LogP contribution < -0.4 is 5.32 Å². The second-order valence-electron chi connectivity index (χ2n) is 3.94. The molecular weight excluding hydrogens is 313 g/mol. The summed E-state index contributed by atoms with van der Waals surface area (Å²) < 4.78 is 13.9. The number of rotatable bonds is 3. The van der Waals surface area contributed by atoms with Crippen molar-refractivity contribution in [2.45, 2.75) is 6.54 Å². The van der Waals surface area contributed by atoms with Crippen LogP contribution in [0.25, 0.3) is 0 Å². The highest BCUT2D eigenvalue weighted by Gasteiger charge is 2.12. The van der Waals surface area contributed by atoms with E-state index in [2.05, 4.69) is 21.2 Å². The van der Waals surface area contributed by atoms with Crippen LogP contribution in [-0.4, -0.2) is 11.0 Å². The molecule has 3 nitrogen and oxygen atoms in total. The maximum atomic E-state index is 13.0. The van der Waals surface area contributed by atoms with Gasteiger partial charge in [-0.15, -0.1) is 0 Å². The molecule has 5 heteroatoms. The molecule has 0 aliphatic heterocycles. The number of nitrogens with one attached hydrogen (secondary N) is 1. The molecule has 98 valence electrons. The van der Waals surface area contributed by atoms with Crippen molar-refractivity contribution >= 4 is 21.8 Å². The first-order valence-corrected chi connectivity index (χ1v) is 6.37. The molecule has 0 heterocycles. The molecule has 2 aromatic carbocycles. The third kappa shape index (κ3) is 3.32. The summed E-state index contributed by atoms with van der Waals surface area (Å²) in [5, 5.41) is 12.1. The van der Waals surface area contributed by atoms with Gasteiger partial charge >= 0.3 is 0 Å². The summed E-state index contributed by atoms with van der Waals surface area (Å²) in [6.45, 7) is 0.288. The van der Waals surface area contributed by atoms with Crippen LogP contribution in [0.15, 0.2) is 46.9 Å². The number of hydrogen-bond donors (Lipinski definition) is 2. The number of carbonyl (C=O) groups is 1. The Hall–Kier alpha value is -1.88. The highest BCUT2D eigenvalue weighted by Crippen LogP contribution is 2.19. The molecule has 0 saturated carbocycles. The molecule has 2 aromatic rings. The summed E-state index contributed by atoms with van der Waals surface area (Å²) in [7, 11) is 0. The number of amides is 1. The van der Waals surface area contributed by atoms with Gasteiger partial charge in [-0.1, -0.05) is 34.1 Å². The van der Waals surface area contributed by atoms with E-state index in [-0.39, 0.29) is 17.9 Å². The minimum atomic E-state index is -0.566. The Morgan fingerprint density at radius 1 is 1.26 bits per heavy atom. The van der Waals surface area contributed by atoms with Gasteiger partial charge in [-0.25, -0.2) is 4.39 Å². The van der Waals surface area contributed by atoms with E-state index in [1.165, 1.54) is 0 Å². The number of hydrogen-bond acceptors (Lipinski definition) is 2. The van der Waals surface area contributed by atoms with Crippen LogP contribution in [0.1, 0.15) is 15.9 Å². The van der Waals surface area contributed by atoms with Gasteiger partial charge in [0.1, 0.15) is 11.6 Å². The number of aromatic hydroxyl groups is 1. The molecule has 1 amide bonds. The van der Waals surface area contributed by atoms with Crippen molar-refractivity contribution in [3.05, 3.63) is 63.9 Å². The molecule has 0 saturated heterocycles. The smallest absolute Gasteiger partial charge is 0.255 e. The number of benzene rings is 2. The molecule has 0 spiro atoms. The molecule has 19 heavy (non-hydrogen) atoms. The number of phenols is 1. The first-order chi connectivity index (χ1) is 9.08. The minimum Gasteiger partial charge on any atom is -0.507 e. The zero-order valence-electron chi connectivity index (χ0n) is 9.86. The lowest BCUT2D eigenvalue weighted by Crippen LogP contribution is -2.23. The fourth-order valence-corrected chi connectivity index (χ4v) is 2.03. The Balaban J connectivity index is 2.10. The average Bonchev–Trinajstić information content (AvgIpc) is 2.40. The maximum Gasteiger partial charge on any atom is 0.255 e. The van der Waals surface area contributed by atoms with Crippen LogP contribution in [0.3, 0.4) is 0 Å². The molecule has 0 unspecified atom stereocenters. The van der Waals surface area contributed by atoms with Crippen molar-refractivity contribution in [3.8, 4) is 5.75 Å². The van der Waals surface area contributed by atoms with E-state index in [4.69, 9.17) is 0 Å². The van der Waals surface area contributed by atoms with Crippen molar-refractivity contribution in [1.29, 1.82) is 0 Å². The third-order valence-corrected chi connectivity index (χ3v) is 3.37. The van der Waals surface area contributed by atoms with Gasteiger partial charge in [-0.2, -0.15) is 0 Å². The van der Waals surface area contributed by atoms with Gasteiger partial charge in [0.05, 0.1) is 5.56 Å². The van der Waals surface area contributed by atoms with E-state index >= 15 is 0 Å². The standard InChI is InChI=1S/C14H11BrFNO2/c15-12-4-2-1-3-9(12)8-17-14(19)11-7-10(16)5-6-13(11)18/h1-7,18H,8H2,(H,17,19). The molecule has 0 aliphatic rings. The van der Waals surface area contributed by atoms with Gasteiger partial charge < -0.3 is 10.4 Å². The molecule has 0 aromatic heterocycles. The molecule has 0 bridgehead atoms. The van der Waals surface area contributed by atoms with Crippen LogP contribution in [0.5, 0.6) is 5.75 Å². The monoisotopic (exact) mass is 323 g/mol. The number of halogens is 2. The van der Waals surface area contributed by atoms with E-state index in [9.17, 15) is 14.3 Å². The van der Waals surface area contributed by atoms with Crippen molar-refractivity contribution in [1.82, 2.24) is 5.32 Å². The Bertz CT molecular complexity index is 616. The van der Waals surface area contributed by atoms with Crippen molar-refractivity contribution < 1.29 is 14.3 Å². The zero-order chi connectivity index (χ0) is 13.8. The molecule has 2 rings (SSSR count). The normalized spacial score (nSPS) is 10.2. The van der Waals surface area contributed by atoms with Gasteiger partial charge in [0.15, 0.2) is 0 Å². The second-order valence-corrected chi connectivity index (χ2v) is 4.79. The van der Waals surface area contributed by atoms with Gasteiger partial charge in [0, 0.05) is 11.0 Å². The van der Waals surface area contributed by atoms with Crippen LogP contribution in [0.2, 0.25) is 0 Å². The van der Waals surface area contributed by atoms with Crippen LogP contribution in [0, 0.1) is 5.82 Å². The first-order valence-electron chi connectivity index (χ1n) is 5.58. The van der Waals surface area contributed by atoms with E-state index in [0.717, 1.165) is 28.2 Å². The van der Waals surface area contributed by atoms with Gasteiger partial charge in [0.2, 0.25) is 0 Å². The lowest BCUT2D eigenvalue weighted by molar-refractivity contribution is 0.0947. The van der Waals surface area contributed by atoms with E-state index in [0.29, 0.717) is 0 Å². The molecule has 0 radical (unpaired) electrons. The van der Waals surface area contributed by atoms with Gasteiger partial charge in [-0.3, -0.25) is 4.79 Å². The maximum absolute atomic E-state index is 13.0. The summed E-state index contributed by atoms with van der Waals surface area (Å²) in [6.07, 6.45) is 0. The van der Waals surface area contributed by atoms with Crippen LogP contribution >= 0.6 is 15.9 Å². The Morgan fingerprint density at radius 3 is 2.74 bits per heavy atom. The highest BCUT2D eigenvalue weighted by molar-refractivity contribution is 9.10. The van der Waals surface area contributed by atoms with Crippen LogP contribution in [-0.2, 0) is 6.54 Å². The third-order valence-electron chi connectivity index (χ3n) is 2.60. The van der Waals surface area contributed by atoms with E-state index in [1.54, 1.807) is 0 Å². The molecule has 0 atom stereocenters. The molecule has 0 aliphatic carbocycles. The predicted octanol–water partition coefficient (Wildman–Crippen LogP) is 3.22. The predicted molar refractivity (Wildman–Crippen MR) is 73.4 cm³/mol. The van der Waals surface area contributed by atoms with E-state index in [1.807, 2.05) is 24.3 Å². The topological polar surface area (TPSA) is 49.3 Å².